The average molecular weight is 397 g/mol. The van der Waals surface area contributed by atoms with E-state index in [1.54, 1.807) is 19.2 Å². The van der Waals surface area contributed by atoms with Crippen molar-refractivity contribution < 1.29 is 13.2 Å². The number of anilines is 1. The maximum atomic E-state index is 12.6. The summed E-state index contributed by atoms with van der Waals surface area (Å²) in [6.07, 6.45) is 3.57. The first-order valence-electron chi connectivity index (χ1n) is 8.18. The fraction of sp³-hybridized carbons (Fsp3) is 0.412. The minimum Gasteiger partial charge on any atom is -0.326 e. The summed E-state index contributed by atoms with van der Waals surface area (Å²) in [5, 5.41) is 3.23. The zero-order valence-corrected chi connectivity index (χ0v) is 17.2. The Bertz CT molecular complexity index is 891. The van der Waals surface area contributed by atoms with Crippen molar-refractivity contribution in [2.24, 2.45) is 0 Å². The van der Waals surface area contributed by atoms with Crippen molar-refractivity contribution in [3.63, 3.8) is 0 Å². The Morgan fingerprint density at radius 3 is 2.69 bits per heavy atom. The van der Waals surface area contributed by atoms with Crippen molar-refractivity contribution in [2.45, 2.75) is 42.6 Å². The van der Waals surface area contributed by atoms with E-state index in [9.17, 15) is 13.2 Å². The van der Waals surface area contributed by atoms with E-state index in [0.29, 0.717) is 5.69 Å². The van der Waals surface area contributed by atoms with Gasteiger partial charge in [0.05, 0.1) is 10.1 Å². The Hall–Kier alpha value is -1.84. The van der Waals surface area contributed by atoms with Crippen LogP contribution in [-0.4, -0.2) is 47.5 Å². The van der Waals surface area contributed by atoms with Crippen LogP contribution in [-0.2, 0) is 21.4 Å². The van der Waals surface area contributed by atoms with Gasteiger partial charge in [0.25, 0.3) is 0 Å². The quantitative estimate of drug-likeness (QED) is 0.727. The van der Waals surface area contributed by atoms with Gasteiger partial charge in [0, 0.05) is 38.7 Å². The van der Waals surface area contributed by atoms with Crippen LogP contribution in [0.1, 0.15) is 19.4 Å². The maximum absolute atomic E-state index is 12.6. The molecule has 0 spiro atoms. The van der Waals surface area contributed by atoms with Gasteiger partial charge in [-0.2, -0.15) is 0 Å². The number of rotatable bonds is 7. The standard InChI is InChI=1S/C17H24N4O3S2/c1-6-21-10-9-18-17(21)25-13(3)16(22)19-15-11-14(8-7-12(15)2)26(23,24)20(4)5/h7-11,13H,6H2,1-5H3,(H,19,22)/t13-/m1/s1. The number of benzene rings is 1. The number of amides is 1. The van der Waals surface area contributed by atoms with E-state index >= 15 is 0 Å². The van der Waals surface area contributed by atoms with Crippen LogP contribution in [0.3, 0.4) is 0 Å². The highest BCUT2D eigenvalue weighted by Gasteiger charge is 2.21. The molecule has 142 valence electrons. The highest BCUT2D eigenvalue weighted by molar-refractivity contribution is 8.00. The first-order valence-corrected chi connectivity index (χ1v) is 10.5. The summed E-state index contributed by atoms with van der Waals surface area (Å²) in [4.78, 5) is 17.0. The van der Waals surface area contributed by atoms with Crippen LogP contribution in [0.15, 0.2) is 40.6 Å². The molecular formula is C17H24N4O3S2. The average Bonchev–Trinajstić information content (AvgIpc) is 3.03. The molecule has 1 N–H and O–H groups in total. The Kier molecular flexibility index (Phi) is 6.48. The topological polar surface area (TPSA) is 84.3 Å². The SMILES string of the molecule is CCn1ccnc1S[C@H](C)C(=O)Nc1cc(S(=O)(=O)N(C)C)ccc1C. The Balaban J connectivity index is 2.18. The molecule has 0 unspecified atom stereocenters. The van der Waals surface area contributed by atoms with Gasteiger partial charge >= 0.3 is 0 Å². The minimum absolute atomic E-state index is 0.144. The molecule has 0 bridgehead atoms. The summed E-state index contributed by atoms with van der Waals surface area (Å²) < 4.78 is 27.7. The molecule has 1 amide bonds. The van der Waals surface area contributed by atoms with Crippen molar-refractivity contribution in [2.75, 3.05) is 19.4 Å². The summed E-state index contributed by atoms with van der Waals surface area (Å²) in [6, 6.07) is 4.72. The molecule has 0 radical (unpaired) electrons. The van der Waals surface area contributed by atoms with Crippen LogP contribution in [0.25, 0.3) is 0 Å². The van der Waals surface area contributed by atoms with Crippen LogP contribution >= 0.6 is 11.8 Å². The third kappa shape index (κ3) is 4.46. The van der Waals surface area contributed by atoms with Crippen molar-refractivity contribution in [1.29, 1.82) is 0 Å². The van der Waals surface area contributed by atoms with Crippen LogP contribution < -0.4 is 5.32 Å². The van der Waals surface area contributed by atoms with E-state index < -0.39 is 10.0 Å². The lowest BCUT2D eigenvalue weighted by molar-refractivity contribution is -0.115. The summed E-state index contributed by atoms with van der Waals surface area (Å²) in [6.45, 7) is 6.41. The van der Waals surface area contributed by atoms with E-state index in [0.717, 1.165) is 21.6 Å². The third-order valence-electron chi connectivity index (χ3n) is 3.91. The fourth-order valence-corrected chi connectivity index (χ4v) is 4.07. The predicted molar refractivity (Wildman–Crippen MR) is 104 cm³/mol. The Morgan fingerprint density at radius 2 is 2.08 bits per heavy atom. The lowest BCUT2D eigenvalue weighted by Gasteiger charge is -2.16. The number of hydrogen-bond donors (Lipinski definition) is 1. The van der Waals surface area contributed by atoms with Crippen LogP contribution in [0, 0.1) is 6.92 Å². The second-order valence-electron chi connectivity index (χ2n) is 6.01. The molecule has 26 heavy (non-hydrogen) atoms. The molecule has 0 aliphatic heterocycles. The van der Waals surface area contributed by atoms with Gasteiger partial charge in [-0.15, -0.1) is 0 Å². The van der Waals surface area contributed by atoms with Gasteiger partial charge in [0.1, 0.15) is 0 Å². The molecule has 1 atom stereocenters. The maximum Gasteiger partial charge on any atom is 0.242 e. The van der Waals surface area contributed by atoms with Crippen molar-refractivity contribution in [1.82, 2.24) is 13.9 Å². The molecule has 7 nitrogen and oxygen atoms in total. The van der Waals surface area contributed by atoms with Gasteiger partial charge < -0.3 is 9.88 Å². The molecule has 1 heterocycles. The Labute approximate surface area is 158 Å². The molecule has 9 heteroatoms. The number of hydrogen-bond acceptors (Lipinski definition) is 5. The van der Waals surface area contributed by atoms with Gasteiger partial charge in [0.15, 0.2) is 5.16 Å². The molecular weight excluding hydrogens is 372 g/mol. The summed E-state index contributed by atoms with van der Waals surface area (Å²) in [5.74, 6) is -0.205. The number of sulfonamides is 1. The molecule has 0 fully saturated rings. The molecule has 1 aromatic heterocycles. The summed E-state index contributed by atoms with van der Waals surface area (Å²) in [5.41, 5.74) is 1.28. The van der Waals surface area contributed by atoms with Crippen LogP contribution in [0.5, 0.6) is 0 Å². The number of nitrogens with one attached hydrogen (secondary N) is 1. The molecule has 0 aliphatic rings. The van der Waals surface area contributed by atoms with Crippen molar-refractivity contribution in [3.05, 3.63) is 36.2 Å². The molecule has 1 aromatic carbocycles. The van der Waals surface area contributed by atoms with E-state index in [-0.39, 0.29) is 16.1 Å². The first kappa shape index (κ1) is 20.5. The highest BCUT2D eigenvalue weighted by atomic mass is 32.2. The smallest absolute Gasteiger partial charge is 0.242 e. The lowest BCUT2D eigenvalue weighted by Crippen LogP contribution is -2.25. The number of carbonyl (C=O) groups excluding carboxylic acids is 1. The van der Waals surface area contributed by atoms with Gasteiger partial charge in [-0.1, -0.05) is 17.8 Å². The normalized spacial score (nSPS) is 13.0. The van der Waals surface area contributed by atoms with E-state index in [1.165, 1.54) is 38.0 Å². The second-order valence-corrected chi connectivity index (χ2v) is 9.47. The van der Waals surface area contributed by atoms with Crippen molar-refractivity contribution >= 4 is 33.4 Å². The van der Waals surface area contributed by atoms with Gasteiger partial charge in [0.2, 0.25) is 15.9 Å². The zero-order valence-electron chi connectivity index (χ0n) is 15.6. The highest BCUT2D eigenvalue weighted by Crippen LogP contribution is 2.25. The van der Waals surface area contributed by atoms with E-state index in [1.807, 2.05) is 24.6 Å². The summed E-state index contributed by atoms with van der Waals surface area (Å²) in [7, 11) is -0.610. The largest absolute Gasteiger partial charge is 0.326 e. The molecule has 0 saturated heterocycles. The number of nitrogens with zero attached hydrogens (tertiary/aromatic N) is 3. The monoisotopic (exact) mass is 396 g/mol. The predicted octanol–water partition coefficient (Wildman–Crippen LogP) is 2.58. The van der Waals surface area contributed by atoms with E-state index in [4.69, 9.17) is 0 Å². The molecule has 0 saturated carbocycles. The third-order valence-corrected chi connectivity index (χ3v) is 6.84. The minimum atomic E-state index is -3.56. The molecule has 2 rings (SSSR count). The molecule has 2 aromatic rings. The molecule has 0 aliphatic carbocycles. The van der Waals surface area contributed by atoms with Gasteiger partial charge in [-0.05, 0) is 38.5 Å². The zero-order chi connectivity index (χ0) is 19.5. The van der Waals surface area contributed by atoms with Crippen molar-refractivity contribution in [3.8, 4) is 0 Å². The number of imidazole rings is 1. The summed E-state index contributed by atoms with van der Waals surface area (Å²) >= 11 is 1.36. The number of thioether (sulfide) groups is 1. The Morgan fingerprint density at radius 1 is 1.38 bits per heavy atom. The lowest BCUT2D eigenvalue weighted by atomic mass is 10.2. The number of aromatic nitrogens is 2. The van der Waals surface area contributed by atoms with Gasteiger partial charge in [-0.25, -0.2) is 17.7 Å². The van der Waals surface area contributed by atoms with Crippen LogP contribution in [0.2, 0.25) is 0 Å². The van der Waals surface area contributed by atoms with E-state index in [2.05, 4.69) is 10.3 Å². The van der Waals surface area contributed by atoms with Crippen LogP contribution in [0.4, 0.5) is 5.69 Å². The number of aryl methyl sites for hydroxylation is 2. The van der Waals surface area contributed by atoms with Gasteiger partial charge in [-0.3, -0.25) is 4.79 Å². The second kappa shape index (κ2) is 8.24. The fourth-order valence-electron chi connectivity index (χ4n) is 2.21. The number of carbonyl (C=O) groups is 1. The first-order chi connectivity index (χ1) is 12.2.